The summed E-state index contributed by atoms with van der Waals surface area (Å²) in [4.78, 5) is 40.0. The maximum Gasteiger partial charge on any atom is 0.414 e. The van der Waals surface area contributed by atoms with E-state index in [1.165, 1.54) is 56.2 Å². The van der Waals surface area contributed by atoms with Crippen molar-refractivity contribution in [2.24, 2.45) is 5.92 Å². The van der Waals surface area contributed by atoms with Crippen molar-refractivity contribution >= 4 is 55.8 Å². The van der Waals surface area contributed by atoms with Gasteiger partial charge in [-0.3, -0.25) is 4.90 Å². The summed E-state index contributed by atoms with van der Waals surface area (Å²) in [5.41, 5.74) is 0.958. The van der Waals surface area contributed by atoms with Gasteiger partial charge in [-0.15, -0.1) is 22.7 Å². The summed E-state index contributed by atoms with van der Waals surface area (Å²) in [6, 6.07) is 5.86. The predicted octanol–water partition coefficient (Wildman–Crippen LogP) is 5.95. The summed E-state index contributed by atoms with van der Waals surface area (Å²) in [5.74, 6) is -0.328. The van der Waals surface area contributed by atoms with Gasteiger partial charge in [0.25, 0.3) is 0 Å². The van der Waals surface area contributed by atoms with Crippen LogP contribution in [0.5, 0.6) is 5.75 Å². The highest BCUT2D eigenvalue weighted by Crippen LogP contribution is 2.50. The highest BCUT2D eigenvalue weighted by molar-refractivity contribution is 7.24. The SMILES string of the molecule is CCOC(=O)COc1c(C(=O)OC)sc2cc3ccc(N(CC4CCCCC4)C(=O)OC)sc-3c12. The summed E-state index contributed by atoms with van der Waals surface area (Å²) in [5, 5.41) is 1.48. The maximum atomic E-state index is 12.7. The van der Waals surface area contributed by atoms with Gasteiger partial charge in [-0.2, -0.15) is 0 Å². The molecule has 35 heavy (non-hydrogen) atoms. The van der Waals surface area contributed by atoms with E-state index in [0.717, 1.165) is 38.4 Å². The molecule has 1 aromatic rings. The average Bonchev–Trinajstić information content (AvgIpc) is 3.41. The van der Waals surface area contributed by atoms with Crippen molar-refractivity contribution < 1.29 is 33.3 Å². The van der Waals surface area contributed by atoms with E-state index >= 15 is 0 Å². The van der Waals surface area contributed by atoms with Gasteiger partial charge in [0.1, 0.15) is 5.00 Å². The van der Waals surface area contributed by atoms with Crippen molar-refractivity contribution in [1.29, 1.82) is 0 Å². The van der Waals surface area contributed by atoms with Gasteiger partial charge in [0.05, 0.1) is 26.2 Å². The first-order valence-electron chi connectivity index (χ1n) is 11.7. The molecule has 0 N–H and O–H groups in total. The molecule has 2 aliphatic carbocycles. The van der Waals surface area contributed by atoms with Crippen molar-refractivity contribution in [3.63, 3.8) is 0 Å². The zero-order chi connectivity index (χ0) is 24.9. The highest BCUT2D eigenvalue weighted by atomic mass is 32.1. The minimum absolute atomic E-state index is 0.236. The van der Waals surface area contributed by atoms with Crippen LogP contribution in [0.15, 0.2) is 18.2 Å². The normalized spacial score (nSPS) is 14.1. The fourth-order valence-electron chi connectivity index (χ4n) is 4.47. The number of carbonyl (C=O) groups is 3. The maximum absolute atomic E-state index is 12.7. The number of hydrogen-bond acceptors (Lipinski definition) is 9. The highest BCUT2D eigenvalue weighted by Gasteiger charge is 2.29. The molecule has 1 aliphatic heterocycles. The number of rotatable bonds is 8. The number of methoxy groups -OCH3 is 2. The molecule has 0 saturated heterocycles. The molecule has 0 atom stereocenters. The quantitative estimate of drug-likeness (QED) is 0.268. The van der Waals surface area contributed by atoms with Crippen LogP contribution in [0.4, 0.5) is 9.80 Å². The first-order valence-corrected chi connectivity index (χ1v) is 13.3. The van der Waals surface area contributed by atoms with Crippen LogP contribution in [-0.4, -0.2) is 52.0 Å². The summed E-state index contributed by atoms with van der Waals surface area (Å²) in [6.07, 6.45) is 5.40. The fourth-order valence-corrected chi connectivity index (χ4v) is 6.81. The van der Waals surface area contributed by atoms with E-state index in [9.17, 15) is 14.4 Å². The topological polar surface area (TPSA) is 91.4 Å². The third kappa shape index (κ3) is 5.38. The Bertz CT molecular complexity index is 1180. The van der Waals surface area contributed by atoms with Crippen molar-refractivity contribution in [2.75, 3.05) is 38.9 Å². The van der Waals surface area contributed by atoms with Gasteiger partial charge in [-0.1, -0.05) is 25.3 Å². The van der Waals surface area contributed by atoms with Crippen LogP contribution in [0.25, 0.3) is 20.5 Å². The Balaban J connectivity index is 1.76. The van der Waals surface area contributed by atoms with Crippen molar-refractivity contribution in [3.8, 4) is 16.2 Å². The van der Waals surface area contributed by atoms with Gasteiger partial charge in [-0.25, -0.2) is 14.4 Å². The molecule has 8 nitrogen and oxygen atoms in total. The van der Waals surface area contributed by atoms with E-state index < -0.39 is 18.0 Å². The molecule has 3 aliphatic rings. The molecule has 0 spiro atoms. The number of hydrogen-bond donors (Lipinski definition) is 0. The van der Waals surface area contributed by atoms with Crippen LogP contribution in [-0.2, 0) is 19.0 Å². The molecule has 4 rings (SSSR count). The first-order chi connectivity index (χ1) is 17.0. The molecule has 1 aromatic heterocycles. The molecule has 0 bridgehead atoms. The smallest absolute Gasteiger partial charge is 0.414 e. The van der Waals surface area contributed by atoms with E-state index in [-0.39, 0.29) is 18.1 Å². The second kappa shape index (κ2) is 11.3. The van der Waals surface area contributed by atoms with Crippen LogP contribution < -0.4 is 9.64 Å². The Labute approximate surface area is 212 Å². The molecule has 1 amide bonds. The summed E-state index contributed by atoms with van der Waals surface area (Å²) < 4.78 is 21.7. The van der Waals surface area contributed by atoms with Crippen LogP contribution in [0.1, 0.15) is 48.7 Å². The zero-order valence-corrected chi connectivity index (χ0v) is 21.7. The van der Waals surface area contributed by atoms with Crippen LogP contribution in [0.3, 0.4) is 0 Å². The molecular weight excluding hydrogens is 490 g/mol. The number of nitrogens with zero attached hydrogens (tertiary/aromatic N) is 1. The van der Waals surface area contributed by atoms with Gasteiger partial charge < -0.3 is 18.9 Å². The van der Waals surface area contributed by atoms with E-state index in [2.05, 4.69) is 0 Å². The Kier molecular flexibility index (Phi) is 8.12. The lowest BCUT2D eigenvalue weighted by atomic mass is 9.89. The molecule has 10 heteroatoms. The molecular formula is C25H29NO7S2. The average molecular weight is 520 g/mol. The van der Waals surface area contributed by atoms with Crippen molar-refractivity contribution in [2.45, 2.75) is 39.0 Å². The summed E-state index contributed by atoms with van der Waals surface area (Å²) in [7, 11) is 2.70. The Morgan fingerprint density at radius 3 is 2.51 bits per heavy atom. The number of amides is 1. The lowest BCUT2D eigenvalue weighted by molar-refractivity contribution is -0.145. The third-order valence-electron chi connectivity index (χ3n) is 6.12. The number of fused-ring (bicyclic) bond motifs is 3. The van der Waals surface area contributed by atoms with Crippen LogP contribution >= 0.6 is 22.7 Å². The Hall–Kier alpha value is -2.85. The summed E-state index contributed by atoms with van der Waals surface area (Å²) >= 11 is 2.69. The van der Waals surface area contributed by atoms with E-state index in [0.29, 0.717) is 18.2 Å². The molecule has 0 radical (unpaired) electrons. The van der Waals surface area contributed by atoms with E-state index in [1.807, 2.05) is 18.2 Å². The Morgan fingerprint density at radius 1 is 1.06 bits per heavy atom. The number of anilines is 1. The monoisotopic (exact) mass is 519 g/mol. The predicted molar refractivity (Wildman–Crippen MR) is 136 cm³/mol. The Morgan fingerprint density at radius 2 is 1.83 bits per heavy atom. The standard InChI is InChI=1S/C25H29NO7S2/c1-4-32-19(27)14-33-21-20-17(34-23(21)24(28)30-2)12-16-10-11-18(35-22(16)20)26(25(29)31-3)13-15-8-6-5-7-9-15/h10-12,15H,4-9,13-14H2,1-3H3. The minimum Gasteiger partial charge on any atom is -0.479 e. The van der Waals surface area contributed by atoms with Crippen LogP contribution in [0, 0.1) is 5.92 Å². The molecule has 1 saturated carbocycles. The molecule has 0 unspecified atom stereocenters. The van der Waals surface area contributed by atoms with E-state index in [4.69, 9.17) is 18.9 Å². The van der Waals surface area contributed by atoms with Crippen molar-refractivity contribution in [1.82, 2.24) is 0 Å². The lowest BCUT2D eigenvalue weighted by Crippen LogP contribution is -2.35. The molecule has 0 aromatic carbocycles. The first kappa shape index (κ1) is 25.2. The third-order valence-corrected chi connectivity index (χ3v) is 8.42. The largest absolute Gasteiger partial charge is 0.479 e. The number of carbonyl (C=O) groups excluding carboxylic acids is 3. The minimum atomic E-state index is -0.534. The van der Waals surface area contributed by atoms with Gasteiger partial charge >= 0.3 is 18.0 Å². The zero-order valence-electron chi connectivity index (χ0n) is 20.1. The second-order valence-corrected chi connectivity index (χ2v) is 10.5. The van der Waals surface area contributed by atoms with Crippen LogP contribution in [0.2, 0.25) is 0 Å². The van der Waals surface area contributed by atoms with Gasteiger partial charge in [0.2, 0.25) is 0 Å². The number of ether oxygens (including phenoxy) is 4. The van der Waals surface area contributed by atoms with E-state index in [1.54, 1.807) is 11.8 Å². The van der Waals surface area contributed by atoms with Gasteiger partial charge in [0, 0.05) is 16.1 Å². The van der Waals surface area contributed by atoms with Gasteiger partial charge in [0.15, 0.2) is 17.2 Å². The lowest BCUT2D eigenvalue weighted by Gasteiger charge is -2.28. The number of esters is 2. The fraction of sp³-hybridized carbons (Fsp3) is 0.480. The van der Waals surface area contributed by atoms with Crippen molar-refractivity contribution in [3.05, 3.63) is 23.1 Å². The molecule has 1 fully saturated rings. The molecule has 2 heterocycles. The molecule has 188 valence electrons. The second-order valence-electron chi connectivity index (χ2n) is 8.37. The number of thiophene rings is 1. The van der Waals surface area contributed by atoms with Gasteiger partial charge in [-0.05, 0) is 43.4 Å². The summed E-state index contributed by atoms with van der Waals surface area (Å²) in [6.45, 7) is 2.23.